The highest BCUT2D eigenvalue weighted by molar-refractivity contribution is 6.14. The van der Waals surface area contributed by atoms with Crippen molar-refractivity contribution in [3.8, 4) is 11.5 Å². The van der Waals surface area contributed by atoms with Crippen molar-refractivity contribution in [1.29, 1.82) is 0 Å². The topological polar surface area (TPSA) is 52.6 Å². The highest BCUT2D eigenvalue weighted by Crippen LogP contribution is 2.35. The molecule has 0 saturated heterocycles. The van der Waals surface area contributed by atoms with Crippen LogP contribution in [0.3, 0.4) is 0 Å². The van der Waals surface area contributed by atoms with Crippen molar-refractivity contribution in [1.82, 2.24) is 0 Å². The number of ether oxygens (including phenoxy) is 2. The first-order valence-electron chi connectivity index (χ1n) is 9.49. The van der Waals surface area contributed by atoms with Crippen molar-refractivity contribution < 1.29 is 19.1 Å². The van der Waals surface area contributed by atoms with E-state index in [1.807, 2.05) is 43.3 Å². The zero-order valence-corrected chi connectivity index (χ0v) is 16.3. The van der Waals surface area contributed by atoms with Gasteiger partial charge < -0.3 is 9.47 Å². The molecule has 3 aromatic rings. The van der Waals surface area contributed by atoms with E-state index in [0.717, 1.165) is 17.5 Å². The predicted molar refractivity (Wildman–Crippen MR) is 111 cm³/mol. The zero-order chi connectivity index (χ0) is 20.4. The Kier molecular flexibility index (Phi) is 5.00. The Bertz CT molecular complexity index is 1110. The molecular weight excluding hydrogens is 364 g/mol. The van der Waals surface area contributed by atoms with Crippen LogP contribution >= 0.6 is 0 Å². The number of allylic oxidation sites excluding steroid dienone is 1. The van der Waals surface area contributed by atoms with Gasteiger partial charge in [0, 0.05) is 6.07 Å². The van der Waals surface area contributed by atoms with Gasteiger partial charge in [-0.25, -0.2) is 4.79 Å². The minimum atomic E-state index is -0.457. The molecule has 0 aliphatic carbocycles. The summed E-state index contributed by atoms with van der Waals surface area (Å²) in [4.78, 5) is 24.9. The molecule has 3 aromatic carbocycles. The minimum absolute atomic E-state index is 0.184. The second-order valence-electron chi connectivity index (χ2n) is 6.95. The quantitative estimate of drug-likeness (QED) is 0.344. The van der Waals surface area contributed by atoms with Gasteiger partial charge in [0.25, 0.3) is 0 Å². The molecule has 4 rings (SSSR count). The predicted octanol–water partition coefficient (Wildman–Crippen LogP) is 5.39. The Balaban J connectivity index is 1.52. The van der Waals surface area contributed by atoms with Crippen LogP contribution in [0.2, 0.25) is 0 Å². The van der Waals surface area contributed by atoms with Crippen LogP contribution in [0, 0.1) is 6.92 Å². The summed E-state index contributed by atoms with van der Waals surface area (Å²) in [5.74, 6) is 0.333. The van der Waals surface area contributed by atoms with Crippen molar-refractivity contribution in [3.63, 3.8) is 0 Å². The lowest BCUT2D eigenvalue weighted by atomic mass is 10.1. The molecule has 1 heterocycles. The van der Waals surface area contributed by atoms with Crippen molar-refractivity contribution in [2.24, 2.45) is 0 Å². The van der Waals surface area contributed by atoms with Gasteiger partial charge in [0.15, 0.2) is 5.76 Å². The Labute approximate surface area is 169 Å². The third kappa shape index (κ3) is 3.97. The van der Waals surface area contributed by atoms with Crippen molar-refractivity contribution >= 4 is 17.8 Å². The monoisotopic (exact) mass is 384 g/mol. The van der Waals surface area contributed by atoms with E-state index in [-0.39, 0.29) is 11.5 Å². The fraction of sp³-hybridized carbons (Fsp3) is 0.120. The summed E-state index contributed by atoms with van der Waals surface area (Å²) in [5, 5.41) is 0. The highest BCUT2D eigenvalue weighted by Gasteiger charge is 2.28. The fourth-order valence-electron chi connectivity index (χ4n) is 3.09. The van der Waals surface area contributed by atoms with Gasteiger partial charge in [-0.1, -0.05) is 48.9 Å². The molecule has 29 heavy (non-hydrogen) atoms. The van der Waals surface area contributed by atoms with Crippen LogP contribution in [0.4, 0.5) is 0 Å². The first-order chi connectivity index (χ1) is 14.0. The van der Waals surface area contributed by atoms with E-state index in [2.05, 4.69) is 6.92 Å². The number of fused-ring (bicyclic) bond motifs is 1. The van der Waals surface area contributed by atoms with E-state index < -0.39 is 5.97 Å². The summed E-state index contributed by atoms with van der Waals surface area (Å²) in [5.41, 5.74) is 4.11. The minimum Gasteiger partial charge on any atom is -0.452 e. The molecule has 0 radical (unpaired) electrons. The molecule has 0 saturated carbocycles. The zero-order valence-electron chi connectivity index (χ0n) is 16.3. The molecule has 1 aliphatic heterocycles. The fourth-order valence-corrected chi connectivity index (χ4v) is 3.09. The molecule has 0 spiro atoms. The number of hydrogen-bond donors (Lipinski definition) is 0. The molecular formula is C25H20O4. The SMILES string of the molecule is CCc1ccc(/C=C2/Oc3cc(OC(=O)c4ccc(C)cc4)ccc3C2=O)cc1. The van der Waals surface area contributed by atoms with E-state index in [4.69, 9.17) is 9.47 Å². The molecule has 4 nitrogen and oxygen atoms in total. The van der Waals surface area contributed by atoms with Crippen molar-refractivity contribution in [2.75, 3.05) is 0 Å². The molecule has 0 fully saturated rings. The van der Waals surface area contributed by atoms with Gasteiger partial charge in [-0.05, 0) is 54.8 Å². The number of aryl methyl sites for hydroxylation is 2. The van der Waals surface area contributed by atoms with Gasteiger partial charge in [0.05, 0.1) is 11.1 Å². The summed E-state index contributed by atoms with van der Waals surface area (Å²) >= 11 is 0. The lowest BCUT2D eigenvalue weighted by Crippen LogP contribution is -2.08. The second kappa shape index (κ2) is 7.76. The average Bonchev–Trinajstić information content (AvgIpc) is 3.03. The molecule has 0 aromatic heterocycles. The highest BCUT2D eigenvalue weighted by atomic mass is 16.5. The maximum absolute atomic E-state index is 12.6. The standard InChI is InChI=1S/C25H20O4/c1-3-17-6-8-18(9-7-17)14-23-24(26)21-13-12-20(15-22(21)29-23)28-25(27)19-10-4-16(2)5-11-19/h4-15H,3H2,1-2H3/b23-14+. The molecule has 0 amide bonds. The number of benzene rings is 3. The number of ketones is 1. The van der Waals surface area contributed by atoms with E-state index in [0.29, 0.717) is 22.6 Å². The van der Waals surface area contributed by atoms with Crippen LogP contribution in [0.5, 0.6) is 11.5 Å². The Morgan fingerprint density at radius 1 is 1.00 bits per heavy atom. The molecule has 4 heteroatoms. The number of carbonyl (C=O) groups is 2. The van der Waals surface area contributed by atoms with Crippen LogP contribution in [0.25, 0.3) is 6.08 Å². The van der Waals surface area contributed by atoms with E-state index >= 15 is 0 Å². The summed E-state index contributed by atoms with van der Waals surface area (Å²) in [6.45, 7) is 4.05. The first kappa shape index (κ1) is 18.7. The van der Waals surface area contributed by atoms with E-state index in [1.165, 1.54) is 5.56 Å². The Morgan fingerprint density at radius 2 is 1.72 bits per heavy atom. The van der Waals surface area contributed by atoms with E-state index in [9.17, 15) is 9.59 Å². The summed E-state index contributed by atoms with van der Waals surface area (Å²) in [6, 6.07) is 19.9. The molecule has 144 valence electrons. The number of hydrogen-bond acceptors (Lipinski definition) is 4. The molecule has 0 bridgehead atoms. The lowest BCUT2D eigenvalue weighted by molar-refractivity contribution is 0.0734. The number of esters is 1. The molecule has 1 aliphatic rings. The van der Waals surface area contributed by atoms with Crippen LogP contribution in [-0.2, 0) is 6.42 Å². The normalized spacial score (nSPS) is 13.9. The van der Waals surface area contributed by atoms with Crippen molar-refractivity contribution in [3.05, 3.63) is 100 Å². The van der Waals surface area contributed by atoms with Gasteiger partial charge >= 0.3 is 5.97 Å². The number of carbonyl (C=O) groups excluding carboxylic acids is 2. The van der Waals surface area contributed by atoms with Gasteiger partial charge in [-0.15, -0.1) is 0 Å². The second-order valence-corrected chi connectivity index (χ2v) is 6.95. The maximum Gasteiger partial charge on any atom is 0.343 e. The number of Topliss-reactive ketones (excluding diaryl/α,β-unsaturated/α-hetero) is 1. The van der Waals surface area contributed by atoms with E-state index in [1.54, 1.807) is 36.4 Å². The first-order valence-corrected chi connectivity index (χ1v) is 9.49. The van der Waals surface area contributed by atoms with Crippen LogP contribution in [0.1, 0.15) is 44.3 Å². The van der Waals surface area contributed by atoms with Crippen LogP contribution < -0.4 is 9.47 Å². The summed E-state index contributed by atoms with van der Waals surface area (Å²) in [7, 11) is 0. The maximum atomic E-state index is 12.6. The van der Waals surface area contributed by atoms with Gasteiger partial charge in [-0.2, -0.15) is 0 Å². The van der Waals surface area contributed by atoms with Crippen LogP contribution in [0.15, 0.2) is 72.5 Å². The Morgan fingerprint density at radius 3 is 2.41 bits per heavy atom. The summed E-state index contributed by atoms with van der Waals surface area (Å²) < 4.78 is 11.2. The molecule has 0 unspecified atom stereocenters. The third-order valence-corrected chi connectivity index (χ3v) is 4.82. The third-order valence-electron chi connectivity index (χ3n) is 4.82. The molecule has 0 atom stereocenters. The molecule has 0 N–H and O–H groups in total. The van der Waals surface area contributed by atoms with Crippen LogP contribution in [-0.4, -0.2) is 11.8 Å². The Hall–Kier alpha value is -3.66. The lowest BCUT2D eigenvalue weighted by Gasteiger charge is -2.06. The largest absolute Gasteiger partial charge is 0.452 e. The van der Waals surface area contributed by atoms with Gasteiger partial charge in [0.1, 0.15) is 11.5 Å². The summed E-state index contributed by atoms with van der Waals surface area (Å²) in [6.07, 6.45) is 2.68. The van der Waals surface area contributed by atoms with Gasteiger partial charge in [-0.3, -0.25) is 4.79 Å². The average molecular weight is 384 g/mol. The smallest absolute Gasteiger partial charge is 0.343 e. The van der Waals surface area contributed by atoms with Crippen molar-refractivity contribution in [2.45, 2.75) is 20.3 Å². The number of rotatable bonds is 4. The van der Waals surface area contributed by atoms with Gasteiger partial charge in [0.2, 0.25) is 5.78 Å².